The van der Waals surface area contributed by atoms with Gasteiger partial charge in [-0.1, -0.05) is 49.6 Å². The molecule has 0 atom stereocenters. The van der Waals surface area contributed by atoms with Crippen LogP contribution in [0.25, 0.3) is 11.3 Å². The van der Waals surface area contributed by atoms with Gasteiger partial charge in [-0.25, -0.2) is 0 Å². The minimum atomic E-state index is 0.647. The van der Waals surface area contributed by atoms with Gasteiger partial charge < -0.3 is 5.32 Å². The van der Waals surface area contributed by atoms with Crippen LogP contribution in [-0.2, 0) is 6.54 Å². The van der Waals surface area contributed by atoms with Crippen molar-refractivity contribution in [2.45, 2.75) is 44.7 Å². The molecule has 1 saturated carbocycles. The normalized spacial score (nSPS) is 16.6. The van der Waals surface area contributed by atoms with Crippen LogP contribution in [0, 0.1) is 0 Å². The van der Waals surface area contributed by atoms with Crippen LogP contribution in [0.15, 0.2) is 30.3 Å². The topological polar surface area (TPSA) is 53.6 Å². The molecule has 2 aromatic rings. The van der Waals surface area contributed by atoms with Crippen LogP contribution >= 0.6 is 0 Å². The van der Waals surface area contributed by atoms with Gasteiger partial charge in [-0.15, -0.1) is 0 Å². The summed E-state index contributed by atoms with van der Waals surface area (Å²) in [4.78, 5) is 0. The van der Waals surface area contributed by atoms with Gasteiger partial charge in [0.25, 0.3) is 0 Å². The maximum Gasteiger partial charge on any atom is 0.117 e. The van der Waals surface area contributed by atoms with Gasteiger partial charge in [0.1, 0.15) is 11.4 Å². The van der Waals surface area contributed by atoms with E-state index in [4.69, 9.17) is 0 Å². The molecular formula is C15H20N4. The lowest BCUT2D eigenvalue weighted by molar-refractivity contribution is 0.371. The van der Waals surface area contributed by atoms with Gasteiger partial charge in [0.2, 0.25) is 0 Å². The van der Waals surface area contributed by atoms with Crippen molar-refractivity contribution in [3.05, 3.63) is 36.0 Å². The second-order valence-electron chi connectivity index (χ2n) is 5.20. The Bertz CT molecular complexity index is 500. The lowest BCUT2D eigenvalue weighted by atomic mass is 9.95. The van der Waals surface area contributed by atoms with Crippen LogP contribution in [0.4, 0.5) is 0 Å². The number of H-pyrrole nitrogens is 1. The molecule has 0 unspecified atom stereocenters. The van der Waals surface area contributed by atoms with E-state index >= 15 is 0 Å². The Hall–Kier alpha value is -1.68. The summed E-state index contributed by atoms with van der Waals surface area (Å²) in [6.07, 6.45) is 6.67. The first-order valence-electron chi connectivity index (χ1n) is 7.12. The fraction of sp³-hybridized carbons (Fsp3) is 0.467. The Morgan fingerprint density at radius 1 is 1.05 bits per heavy atom. The molecule has 3 rings (SSSR count). The first-order valence-corrected chi connectivity index (χ1v) is 7.12. The van der Waals surface area contributed by atoms with E-state index in [1.807, 2.05) is 18.2 Å². The summed E-state index contributed by atoms with van der Waals surface area (Å²) in [5.74, 6) is 0. The molecule has 2 N–H and O–H groups in total. The van der Waals surface area contributed by atoms with Crippen molar-refractivity contribution < 1.29 is 0 Å². The van der Waals surface area contributed by atoms with Gasteiger partial charge in [-0.05, 0) is 12.8 Å². The van der Waals surface area contributed by atoms with Crippen LogP contribution in [-0.4, -0.2) is 21.5 Å². The van der Waals surface area contributed by atoms with E-state index in [1.54, 1.807) is 0 Å². The highest BCUT2D eigenvalue weighted by atomic mass is 15.3. The van der Waals surface area contributed by atoms with Crippen LogP contribution in [0.3, 0.4) is 0 Å². The quantitative estimate of drug-likeness (QED) is 0.884. The fourth-order valence-corrected chi connectivity index (χ4v) is 2.75. The predicted octanol–water partition coefficient (Wildman–Crippen LogP) is 2.89. The summed E-state index contributed by atoms with van der Waals surface area (Å²) in [6, 6.07) is 10.9. The van der Waals surface area contributed by atoms with Crippen molar-refractivity contribution in [3.63, 3.8) is 0 Å². The zero-order valence-electron chi connectivity index (χ0n) is 11.1. The second-order valence-corrected chi connectivity index (χ2v) is 5.20. The molecular weight excluding hydrogens is 236 g/mol. The van der Waals surface area contributed by atoms with Gasteiger partial charge in [-0.3, -0.25) is 0 Å². The molecule has 0 aliphatic heterocycles. The molecule has 0 radical (unpaired) electrons. The maximum atomic E-state index is 4.28. The van der Waals surface area contributed by atoms with E-state index in [-0.39, 0.29) is 0 Å². The largest absolute Gasteiger partial charge is 0.308 e. The smallest absolute Gasteiger partial charge is 0.117 e. The van der Waals surface area contributed by atoms with Crippen LogP contribution in [0.1, 0.15) is 37.8 Å². The Morgan fingerprint density at radius 2 is 1.84 bits per heavy atom. The molecule has 0 saturated heterocycles. The molecule has 4 heteroatoms. The SMILES string of the molecule is c1ccc(-c2n[nH]nc2CNC2CCCCC2)cc1. The van der Waals surface area contributed by atoms with Crippen molar-refractivity contribution in [1.82, 2.24) is 20.7 Å². The van der Waals surface area contributed by atoms with Gasteiger partial charge >= 0.3 is 0 Å². The highest BCUT2D eigenvalue weighted by Gasteiger charge is 2.15. The standard InChI is InChI=1S/C15H20N4/c1-3-7-12(8-4-1)15-14(17-19-18-15)11-16-13-9-5-2-6-10-13/h1,3-4,7-8,13,16H,2,5-6,9-11H2,(H,17,18,19). The lowest BCUT2D eigenvalue weighted by Crippen LogP contribution is -2.30. The number of hydrogen-bond acceptors (Lipinski definition) is 3. The maximum absolute atomic E-state index is 4.28. The first kappa shape index (κ1) is 12.4. The zero-order chi connectivity index (χ0) is 12.9. The molecule has 1 aliphatic rings. The van der Waals surface area contributed by atoms with Crippen molar-refractivity contribution in [2.75, 3.05) is 0 Å². The number of aromatic amines is 1. The highest BCUT2D eigenvalue weighted by Crippen LogP contribution is 2.21. The van der Waals surface area contributed by atoms with Crippen LogP contribution in [0.5, 0.6) is 0 Å². The number of benzene rings is 1. The van der Waals surface area contributed by atoms with E-state index in [9.17, 15) is 0 Å². The highest BCUT2D eigenvalue weighted by molar-refractivity contribution is 5.60. The zero-order valence-corrected chi connectivity index (χ0v) is 11.1. The molecule has 1 heterocycles. The molecule has 100 valence electrons. The van der Waals surface area contributed by atoms with Crippen molar-refractivity contribution in [1.29, 1.82) is 0 Å². The molecule has 0 bridgehead atoms. The Kier molecular flexibility index (Phi) is 3.89. The van der Waals surface area contributed by atoms with Gasteiger partial charge in [0.05, 0.1) is 0 Å². The van der Waals surface area contributed by atoms with Crippen molar-refractivity contribution >= 4 is 0 Å². The monoisotopic (exact) mass is 256 g/mol. The summed E-state index contributed by atoms with van der Waals surface area (Å²) in [5.41, 5.74) is 3.09. The summed E-state index contributed by atoms with van der Waals surface area (Å²) in [6.45, 7) is 0.797. The Balaban J connectivity index is 1.67. The van der Waals surface area contributed by atoms with Gasteiger partial charge in [-0.2, -0.15) is 15.4 Å². The van der Waals surface area contributed by atoms with E-state index < -0.39 is 0 Å². The Labute approximate surface area is 113 Å². The molecule has 1 aliphatic carbocycles. The summed E-state index contributed by atoms with van der Waals surface area (Å²) >= 11 is 0. The van der Waals surface area contributed by atoms with Crippen molar-refractivity contribution in [2.24, 2.45) is 0 Å². The van der Waals surface area contributed by atoms with Crippen molar-refractivity contribution in [3.8, 4) is 11.3 Å². The van der Waals surface area contributed by atoms with E-state index in [0.717, 1.165) is 23.5 Å². The molecule has 1 fully saturated rings. The number of hydrogen-bond donors (Lipinski definition) is 2. The second kappa shape index (κ2) is 5.97. The predicted molar refractivity (Wildman–Crippen MR) is 75.5 cm³/mol. The third kappa shape index (κ3) is 3.01. The summed E-state index contributed by atoms with van der Waals surface area (Å²) in [7, 11) is 0. The Morgan fingerprint density at radius 3 is 2.63 bits per heavy atom. The fourth-order valence-electron chi connectivity index (χ4n) is 2.75. The lowest BCUT2D eigenvalue weighted by Gasteiger charge is -2.22. The minimum absolute atomic E-state index is 0.647. The number of nitrogens with one attached hydrogen (secondary N) is 2. The van der Waals surface area contributed by atoms with E-state index in [0.29, 0.717) is 6.04 Å². The average Bonchev–Trinajstić information content (AvgIpc) is 2.95. The first-order chi connectivity index (χ1) is 9.43. The molecule has 0 amide bonds. The summed E-state index contributed by atoms with van der Waals surface area (Å²) < 4.78 is 0. The third-order valence-electron chi connectivity index (χ3n) is 3.83. The molecule has 0 spiro atoms. The molecule has 4 nitrogen and oxygen atoms in total. The number of aromatic nitrogens is 3. The average molecular weight is 256 g/mol. The number of nitrogens with zero attached hydrogens (tertiary/aromatic N) is 2. The van der Waals surface area contributed by atoms with E-state index in [1.165, 1.54) is 32.1 Å². The summed E-state index contributed by atoms with van der Waals surface area (Å²) in [5, 5.41) is 14.9. The molecule has 1 aromatic heterocycles. The van der Waals surface area contributed by atoms with E-state index in [2.05, 4.69) is 32.9 Å². The third-order valence-corrected chi connectivity index (χ3v) is 3.83. The van der Waals surface area contributed by atoms with Gasteiger partial charge in [0.15, 0.2) is 0 Å². The van der Waals surface area contributed by atoms with Gasteiger partial charge in [0, 0.05) is 18.2 Å². The minimum Gasteiger partial charge on any atom is -0.308 e. The number of rotatable bonds is 4. The van der Waals surface area contributed by atoms with Crippen LogP contribution < -0.4 is 5.32 Å². The molecule has 1 aromatic carbocycles. The molecule has 19 heavy (non-hydrogen) atoms. The van der Waals surface area contributed by atoms with Crippen LogP contribution in [0.2, 0.25) is 0 Å².